The number of anilines is 2. The van der Waals surface area contributed by atoms with Gasteiger partial charge in [0.2, 0.25) is 11.9 Å². The number of primary amides is 1. The zero-order valence-electron chi connectivity index (χ0n) is 7.85. The molecule has 0 aliphatic carbocycles. The number of aromatic nitrogens is 2. The van der Waals surface area contributed by atoms with Gasteiger partial charge in [0.1, 0.15) is 18.1 Å². The summed E-state index contributed by atoms with van der Waals surface area (Å²) in [5, 5.41) is 0. The number of hydrogen-bond acceptors (Lipinski definition) is 5. The number of halogens is 1. The second kappa shape index (κ2) is 3.34. The second-order valence-corrected chi connectivity index (χ2v) is 3.30. The minimum Gasteiger partial charge on any atom is -0.392 e. The van der Waals surface area contributed by atoms with Crippen LogP contribution >= 0.6 is 0 Å². The number of carbonyl (C=O) groups excluding carboxylic acids is 1. The molecular formula is C8H10FN5O. The Kier molecular flexibility index (Phi) is 2.14. The number of rotatable bonds is 2. The molecule has 15 heavy (non-hydrogen) atoms. The lowest BCUT2D eigenvalue weighted by Crippen LogP contribution is -2.55. The van der Waals surface area contributed by atoms with Crippen LogP contribution in [-0.4, -0.2) is 28.5 Å². The van der Waals surface area contributed by atoms with E-state index in [9.17, 15) is 9.18 Å². The van der Waals surface area contributed by atoms with Crippen LogP contribution in [0.3, 0.4) is 0 Å². The molecule has 2 heterocycles. The van der Waals surface area contributed by atoms with Crippen LogP contribution in [0.25, 0.3) is 0 Å². The van der Waals surface area contributed by atoms with Crippen LogP contribution in [0.5, 0.6) is 0 Å². The molecule has 0 radical (unpaired) electrons. The number of hydrogen-bond donors (Lipinski definition) is 2. The molecule has 1 aromatic heterocycles. The first-order chi connectivity index (χ1) is 7.11. The van der Waals surface area contributed by atoms with Crippen molar-refractivity contribution in [3.8, 4) is 0 Å². The molecule has 1 aliphatic rings. The highest BCUT2D eigenvalue weighted by atomic mass is 19.1. The Bertz CT molecular complexity index is 410. The van der Waals surface area contributed by atoms with Gasteiger partial charge in [-0.05, 0) is 6.42 Å². The van der Waals surface area contributed by atoms with Crippen molar-refractivity contribution >= 4 is 17.4 Å². The Morgan fingerprint density at radius 3 is 2.87 bits per heavy atom. The third-order valence-electron chi connectivity index (χ3n) is 2.43. The van der Waals surface area contributed by atoms with Crippen molar-refractivity contribution in [2.45, 2.75) is 12.5 Å². The fourth-order valence-electron chi connectivity index (χ4n) is 1.53. The molecule has 1 aromatic rings. The van der Waals surface area contributed by atoms with Crippen LogP contribution in [0.2, 0.25) is 0 Å². The van der Waals surface area contributed by atoms with Crippen molar-refractivity contribution in [1.82, 2.24) is 9.97 Å². The molecular weight excluding hydrogens is 201 g/mol. The molecule has 7 heteroatoms. The van der Waals surface area contributed by atoms with Gasteiger partial charge < -0.3 is 16.4 Å². The van der Waals surface area contributed by atoms with Crippen LogP contribution in [0.15, 0.2) is 6.33 Å². The molecule has 0 bridgehead atoms. The van der Waals surface area contributed by atoms with Crippen LogP contribution in [0.4, 0.5) is 15.9 Å². The Labute approximate surface area is 85.1 Å². The van der Waals surface area contributed by atoms with E-state index in [-0.39, 0.29) is 11.5 Å². The van der Waals surface area contributed by atoms with E-state index in [4.69, 9.17) is 11.5 Å². The summed E-state index contributed by atoms with van der Waals surface area (Å²) >= 11 is 0. The molecule has 1 aliphatic heterocycles. The first kappa shape index (κ1) is 9.63. The van der Waals surface area contributed by atoms with Gasteiger partial charge in [0, 0.05) is 6.54 Å². The fourth-order valence-corrected chi connectivity index (χ4v) is 1.53. The van der Waals surface area contributed by atoms with E-state index < -0.39 is 17.9 Å². The highest BCUT2D eigenvalue weighted by Gasteiger charge is 2.35. The number of nitrogens with two attached hydrogens (primary N) is 2. The molecule has 2 rings (SSSR count). The maximum absolute atomic E-state index is 13.0. The first-order valence-electron chi connectivity index (χ1n) is 4.43. The fraction of sp³-hybridized carbons (Fsp3) is 0.375. The van der Waals surface area contributed by atoms with E-state index in [2.05, 4.69) is 9.97 Å². The van der Waals surface area contributed by atoms with Gasteiger partial charge in [-0.1, -0.05) is 0 Å². The minimum atomic E-state index is -0.782. The van der Waals surface area contributed by atoms with Gasteiger partial charge in [-0.25, -0.2) is 9.97 Å². The van der Waals surface area contributed by atoms with E-state index >= 15 is 0 Å². The molecule has 80 valence electrons. The zero-order chi connectivity index (χ0) is 11.0. The lowest BCUT2D eigenvalue weighted by molar-refractivity contribution is -0.120. The summed E-state index contributed by atoms with van der Waals surface area (Å²) in [5.41, 5.74) is 10.5. The van der Waals surface area contributed by atoms with E-state index in [1.807, 2.05) is 0 Å². The molecule has 1 fully saturated rings. The predicted octanol–water partition coefficient (Wildman–Crippen LogP) is -0.738. The van der Waals surface area contributed by atoms with Crippen LogP contribution < -0.4 is 16.4 Å². The van der Waals surface area contributed by atoms with Gasteiger partial charge >= 0.3 is 0 Å². The van der Waals surface area contributed by atoms with Gasteiger partial charge in [-0.15, -0.1) is 0 Å². The van der Waals surface area contributed by atoms with Crippen LogP contribution in [-0.2, 0) is 4.79 Å². The summed E-state index contributed by atoms with van der Waals surface area (Å²) in [4.78, 5) is 19.7. The average molecular weight is 211 g/mol. The highest BCUT2D eigenvalue weighted by Crippen LogP contribution is 2.29. The summed E-state index contributed by atoms with van der Waals surface area (Å²) in [7, 11) is 0. The maximum atomic E-state index is 13.0. The van der Waals surface area contributed by atoms with Crippen molar-refractivity contribution in [3.05, 3.63) is 12.3 Å². The summed E-state index contributed by atoms with van der Waals surface area (Å²) in [5.74, 6) is -1.01. The van der Waals surface area contributed by atoms with Crippen molar-refractivity contribution in [2.24, 2.45) is 5.73 Å². The topological polar surface area (TPSA) is 98.1 Å². The van der Waals surface area contributed by atoms with E-state index in [0.717, 1.165) is 6.33 Å². The lowest BCUT2D eigenvalue weighted by Gasteiger charge is -2.39. The maximum Gasteiger partial charge on any atom is 0.241 e. The normalized spacial score (nSPS) is 19.8. The molecule has 0 spiro atoms. The number of nitrogen functional groups attached to an aromatic ring is 1. The largest absolute Gasteiger partial charge is 0.392 e. The monoisotopic (exact) mass is 211 g/mol. The van der Waals surface area contributed by atoms with Crippen molar-refractivity contribution in [1.29, 1.82) is 0 Å². The zero-order valence-corrected chi connectivity index (χ0v) is 7.85. The standard InChI is InChI=1S/C8H10FN5O/c9-6-5(10)8(13-3-12-6)14-2-1-4(14)7(11)15/h3-4H,1-2,10H2,(H2,11,15). The Morgan fingerprint density at radius 1 is 1.60 bits per heavy atom. The summed E-state index contributed by atoms with van der Waals surface area (Å²) in [6.45, 7) is 0.592. The van der Waals surface area contributed by atoms with E-state index in [1.165, 1.54) is 0 Å². The molecule has 1 saturated heterocycles. The number of amides is 1. The molecule has 0 aromatic carbocycles. The smallest absolute Gasteiger partial charge is 0.241 e. The molecule has 1 unspecified atom stereocenters. The summed E-state index contributed by atoms with van der Waals surface area (Å²) in [6, 6.07) is -0.443. The van der Waals surface area contributed by atoms with Crippen LogP contribution in [0, 0.1) is 5.95 Å². The number of carbonyl (C=O) groups is 1. The predicted molar refractivity (Wildman–Crippen MR) is 51.3 cm³/mol. The summed E-state index contributed by atoms with van der Waals surface area (Å²) < 4.78 is 13.0. The quantitative estimate of drug-likeness (QED) is 0.628. The molecule has 0 saturated carbocycles. The van der Waals surface area contributed by atoms with E-state index in [1.54, 1.807) is 4.90 Å². The van der Waals surface area contributed by atoms with Gasteiger partial charge in [0.25, 0.3) is 0 Å². The van der Waals surface area contributed by atoms with Crippen molar-refractivity contribution in [3.63, 3.8) is 0 Å². The lowest BCUT2D eigenvalue weighted by atomic mass is 10.0. The van der Waals surface area contributed by atoms with Crippen molar-refractivity contribution in [2.75, 3.05) is 17.2 Å². The Balaban J connectivity index is 2.31. The van der Waals surface area contributed by atoms with Gasteiger partial charge in [-0.2, -0.15) is 4.39 Å². The first-order valence-corrected chi connectivity index (χ1v) is 4.43. The van der Waals surface area contributed by atoms with Gasteiger partial charge in [-0.3, -0.25) is 4.79 Å². The number of nitrogens with zero attached hydrogens (tertiary/aromatic N) is 3. The Hall–Kier alpha value is -1.92. The summed E-state index contributed by atoms with van der Waals surface area (Å²) in [6.07, 6.45) is 1.71. The molecule has 4 N–H and O–H groups in total. The van der Waals surface area contributed by atoms with Gasteiger partial charge in [0.15, 0.2) is 5.82 Å². The van der Waals surface area contributed by atoms with Crippen molar-refractivity contribution < 1.29 is 9.18 Å². The van der Waals surface area contributed by atoms with Crippen LogP contribution in [0.1, 0.15) is 6.42 Å². The highest BCUT2D eigenvalue weighted by molar-refractivity contribution is 5.86. The average Bonchev–Trinajstić information content (AvgIpc) is 2.10. The molecule has 1 atom stereocenters. The third kappa shape index (κ3) is 1.45. The SMILES string of the molecule is NC(=O)C1CCN1c1ncnc(F)c1N. The second-order valence-electron chi connectivity index (χ2n) is 3.30. The Morgan fingerprint density at radius 2 is 2.33 bits per heavy atom. The molecule has 6 nitrogen and oxygen atoms in total. The van der Waals surface area contributed by atoms with Gasteiger partial charge in [0.05, 0.1) is 0 Å². The minimum absolute atomic E-state index is 0.150. The third-order valence-corrected chi connectivity index (χ3v) is 2.43. The molecule has 1 amide bonds. The van der Waals surface area contributed by atoms with E-state index in [0.29, 0.717) is 13.0 Å².